The van der Waals surface area contributed by atoms with Gasteiger partial charge in [-0.1, -0.05) is 19.3 Å². The van der Waals surface area contributed by atoms with E-state index < -0.39 is 0 Å². The fraction of sp³-hybridized carbons (Fsp3) is 0.786. The Morgan fingerprint density at radius 3 is 1.50 bits per heavy atom. The van der Waals surface area contributed by atoms with Gasteiger partial charge < -0.3 is 9.80 Å². The molecule has 3 heterocycles. The van der Waals surface area contributed by atoms with Crippen LogP contribution in [0.25, 0.3) is 0 Å². The number of hydrogen-bond donors (Lipinski definition) is 0. The molecule has 5 nitrogen and oxygen atoms in total. The number of rotatable bonds is 2. The molecule has 0 radical (unpaired) electrons. The molecule has 0 atom stereocenters. The summed E-state index contributed by atoms with van der Waals surface area (Å²) in [4.78, 5) is 17.8. The van der Waals surface area contributed by atoms with E-state index in [4.69, 9.17) is 11.6 Å². The van der Waals surface area contributed by atoms with Gasteiger partial charge in [-0.25, -0.2) is 0 Å². The second kappa shape index (κ2) is 6.57. The van der Waals surface area contributed by atoms with E-state index in [1.165, 1.54) is 44.9 Å². The number of halogens is 1. The van der Waals surface area contributed by atoms with Gasteiger partial charge in [0.25, 0.3) is 0 Å². The van der Waals surface area contributed by atoms with Gasteiger partial charge in [0, 0.05) is 26.2 Å². The lowest BCUT2D eigenvalue weighted by atomic mass is 10.1. The summed E-state index contributed by atoms with van der Waals surface area (Å²) in [6, 6.07) is 0. The van der Waals surface area contributed by atoms with Gasteiger partial charge in [0.15, 0.2) is 0 Å². The van der Waals surface area contributed by atoms with Crippen LogP contribution in [-0.2, 0) is 0 Å². The van der Waals surface area contributed by atoms with E-state index in [0.29, 0.717) is 5.28 Å². The molecule has 6 heteroatoms. The average molecular weight is 296 g/mol. The van der Waals surface area contributed by atoms with Crippen LogP contribution in [0.1, 0.15) is 44.9 Å². The van der Waals surface area contributed by atoms with Gasteiger partial charge in [0.2, 0.25) is 17.2 Å². The first-order valence-electron chi connectivity index (χ1n) is 7.74. The van der Waals surface area contributed by atoms with Crippen LogP contribution in [0.15, 0.2) is 0 Å². The molecular formula is C14H22ClN5. The first-order valence-corrected chi connectivity index (χ1v) is 8.12. The van der Waals surface area contributed by atoms with Crippen LogP contribution in [0.2, 0.25) is 5.28 Å². The van der Waals surface area contributed by atoms with Crippen LogP contribution in [0.3, 0.4) is 0 Å². The smallest absolute Gasteiger partial charge is 0.231 e. The van der Waals surface area contributed by atoms with E-state index >= 15 is 0 Å². The zero-order valence-electron chi connectivity index (χ0n) is 11.9. The van der Waals surface area contributed by atoms with Crippen molar-refractivity contribution in [3.63, 3.8) is 0 Å². The first-order chi connectivity index (χ1) is 9.83. The van der Waals surface area contributed by atoms with Gasteiger partial charge in [-0.05, 0) is 37.3 Å². The molecule has 2 aliphatic rings. The normalized spacial score (nSPS) is 20.9. The van der Waals surface area contributed by atoms with Crippen molar-refractivity contribution in [2.24, 2.45) is 0 Å². The molecular weight excluding hydrogens is 274 g/mol. The van der Waals surface area contributed by atoms with Crippen molar-refractivity contribution < 1.29 is 0 Å². The predicted molar refractivity (Wildman–Crippen MR) is 81.6 cm³/mol. The fourth-order valence-electron chi connectivity index (χ4n) is 2.98. The number of aromatic nitrogens is 3. The van der Waals surface area contributed by atoms with Crippen LogP contribution in [0, 0.1) is 0 Å². The Morgan fingerprint density at radius 2 is 1.00 bits per heavy atom. The van der Waals surface area contributed by atoms with Crippen LogP contribution in [-0.4, -0.2) is 41.1 Å². The monoisotopic (exact) mass is 295 g/mol. The second-order valence-electron chi connectivity index (χ2n) is 5.65. The Balaban J connectivity index is 1.80. The molecule has 0 saturated carbocycles. The van der Waals surface area contributed by atoms with Gasteiger partial charge in [0.05, 0.1) is 0 Å². The molecule has 2 aliphatic heterocycles. The Labute approximate surface area is 125 Å². The van der Waals surface area contributed by atoms with Crippen molar-refractivity contribution in [2.75, 3.05) is 36.0 Å². The van der Waals surface area contributed by atoms with Crippen LogP contribution in [0.5, 0.6) is 0 Å². The Hall–Kier alpha value is -1.10. The Kier molecular flexibility index (Phi) is 4.55. The lowest BCUT2D eigenvalue weighted by molar-refractivity contribution is 0.550. The van der Waals surface area contributed by atoms with Gasteiger partial charge in [-0.3, -0.25) is 0 Å². The summed E-state index contributed by atoms with van der Waals surface area (Å²) in [7, 11) is 0. The van der Waals surface area contributed by atoms with Crippen molar-refractivity contribution in [3.05, 3.63) is 5.28 Å². The van der Waals surface area contributed by atoms with Crippen LogP contribution >= 0.6 is 11.6 Å². The molecule has 20 heavy (non-hydrogen) atoms. The largest absolute Gasteiger partial charge is 0.341 e. The zero-order chi connectivity index (χ0) is 13.8. The van der Waals surface area contributed by atoms with E-state index in [1.54, 1.807) is 0 Å². The van der Waals surface area contributed by atoms with Crippen molar-refractivity contribution in [3.8, 4) is 0 Å². The molecule has 110 valence electrons. The minimum absolute atomic E-state index is 0.318. The Bertz CT molecular complexity index is 439. The molecule has 0 N–H and O–H groups in total. The molecule has 1 aromatic rings. The molecule has 3 rings (SSSR count). The third-order valence-corrected chi connectivity index (χ3v) is 4.28. The standard InChI is InChI=1S/C14H22ClN5/c15-12-16-13(19-8-4-2-1-3-5-9-19)18-14(17-12)20-10-6-7-11-20/h1-11H2. The van der Waals surface area contributed by atoms with E-state index in [1.807, 2.05) is 0 Å². The van der Waals surface area contributed by atoms with Crippen molar-refractivity contribution >= 4 is 23.5 Å². The van der Waals surface area contributed by atoms with Gasteiger partial charge >= 0.3 is 0 Å². The number of anilines is 2. The second-order valence-corrected chi connectivity index (χ2v) is 5.99. The van der Waals surface area contributed by atoms with E-state index in [9.17, 15) is 0 Å². The van der Waals surface area contributed by atoms with Crippen LogP contribution in [0.4, 0.5) is 11.9 Å². The number of hydrogen-bond acceptors (Lipinski definition) is 5. The maximum atomic E-state index is 6.11. The highest BCUT2D eigenvalue weighted by atomic mass is 35.5. The summed E-state index contributed by atoms with van der Waals surface area (Å²) < 4.78 is 0. The third kappa shape index (κ3) is 3.32. The summed E-state index contributed by atoms with van der Waals surface area (Å²) in [6.07, 6.45) is 8.79. The molecule has 0 aliphatic carbocycles. The SMILES string of the molecule is Clc1nc(N2CCCCCCC2)nc(N2CCCC2)n1. The maximum Gasteiger partial charge on any atom is 0.231 e. The van der Waals surface area contributed by atoms with Gasteiger partial charge in [0.1, 0.15) is 0 Å². The summed E-state index contributed by atoms with van der Waals surface area (Å²) >= 11 is 6.11. The lowest BCUT2D eigenvalue weighted by Crippen LogP contribution is -2.30. The highest BCUT2D eigenvalue weighted by molar-refractivity contribution is 6.28. The van der Waals surface area contributed by atoms with E-state index in [2.05, 4.69) is 24.8 Å². The Morgan fingerprint density at radius 1 is 0.600 bits per heavy atom. The van der Waals surface area contributed by atoms with Crippen molar-refractivity contribution in [1.82, 2.24) is 15.0 Å². The lowest BCUT2D eigenvalue weighted by Gasteiger charge is -2.25. The minimum Gasteiger partial charge on any atom is -0.341 e. The summed E-state index contributed by atoms with van der Waals surface area (Å²) in [5.41, 5.74) is 0. The molecule has 2 saturated heterocycles. The van der Waals surface area contributed by atoms with Crippen molar-refractivity contribution in [2.45, 2.75) is 44.9 Å². The highest BCUT2D eigenvalue weighted by Crippen LogP contribution is 2.22. The van der Waals surface area contributed by atoms with Gasteiger partial charge in [-0.15, -0.1) is 0 Å². The number of nitrogens with zero attached hydrogens (tertiary/aromatic N) is 5. The summed E-state index contributed by atoms with van der Waals surface area (Å²) in [6.45, 7) is 4.11. The zero-order valence-corrected chi connectivity index (χ0v) is 12.6. The molecule has 0 amide bonds. The molecule has 1 aromatic heterocycles. The minimum atomic E-state index is 0.318. The predicted octanol–water partition coefficient (Wildman–Crippen LogP) is 2.90. The van der Waals surface area contributed by atoms with E-state index in [-0.39, 0.29) is 0 Å². The summed E-state index contributed by atoms with van der Waals surface area (Å²) in [5, 5.41) is 0.318. The van der Waals surface area contributed by atoms with Crippen molar-refractivity contribution in [1.29, 1.82) is 0 Å². The van der Waals surface area contributed by atoms with E-state index in [0.717, 1.165) is 38.1 Å². The topological polar surface area (TPSA) is 45.2 Å². The first kappa shape index (κ1) is 13.9. The molecule has 0 unspecified atom stereocenters. The average Bonchev–Trinajstić information content (AvgIpc) is 2.91. The fourth-order valence-corrected chi connectivity index (χ4v) is 3.13. The molecule has 2 fully saturated rings. The van der Waals surface area contributed by atoms with Crippen LogP contribution < -0.4 is 9.80 Å². The summed E-state index contributed by atoms with van der Waals surface area (Å²) in [5.74, 6) is 1.51. The van der Waals surface area contributed by atoms with Gasteiger partial charge in [-0.2, -0.15) is 15.0 Å². The molecule has 0 bridgehead atoms. The third-order valence-electron chi connectivity index (χ3n) is 4.11. The molecule has 0 aromatic carbocycles. The molecule has 0 spiro atoms. The highest BCUT2D eigenvalue weighted by Gasteiger charge is 2.19. The quantitative estimate of drug-likeness (QED) is 0.839. The maximum absolute atomic E-state index is 6.11.